The maximum atomic E-state index is 13.6. The molecule has 1 aliphatic carbocycles. The van der Waals surface area contributed by atoms with Crippen molar-refractivity contribution in [1.29, 1.82) is 0 Å². The van der Waals surface area contributed by atoms with Crippen molar-refractivity contribution in [3.8, 4) is 0 Å². The number of para-hydroxylation sites is 1. The lowest BCUT2D eigenvalue weighted by atomic mass is 9.80. The summed E-state index contributed by atoms with van der Waals surface area (Å²) in [7, 11) is 0. The van der Waals surface area contributed by atoms with Crippen molar-refractivity contribution >= 4 is 23.6 Å². The summed E-state index contributed by atoms with van der Waals surface area (Å²) in [6, 6.07) is 5.43. The van der Waals surface area contributed by atoms with Crippen molar-refractivity contribution in [1.82, 2.24) is 0 Å². The van der Waals surface area contributed by atoms with Crippen LogP contribution in [0.15, 0.2) is 40.6 Å². The number of amides is 1. The Bertz CT molecular complexity index is 696. The summed E-state index contributed by atoms with van der Waals surface area (Å²) in [5, 5.41) is 12.7. The lowest BCUT2D eigenvalue weighted by molar-refractivity contribution is -0.124. The lowest BCUT2D eigenvalue weighted by Gasteiger charge is -2.30. The van der Waals surface area contributed by atoms with E-state index in [9.17, 15) is 19.1 Å². The molecular formula is C16H15FN2O3. The number of dihydropyridines is 1. The first kappa shape index (κ1) is 14.4. The van der Waals surface area contributed by atoms with Crippen LogP contribution in [0.25, 0.3) is 0 Å². The molecule has 1 aromatic rings. The number of Topliss-reactive ketones (excluding diaryl/α,β-unsaturated/α-hetero) is 1. The highest BCUT2D eigenvalue weighted by atomic mass is 19.1. The molecule has 2 atom stereocenters. The second kappa shape index (κ2) is 5.71. The zero-order valence-corrected chi connectivity index (χ0v) is 11.8. The van der Waals surface area contributed by atoms with E-state index in [1.165, 1.54) is 24.4 Å². The SMILES string of the molecule is O=C(Nc1ccccc1F)C1=C(O)C2C(=O)CCCC2N=C1. The number of carbonyl (C=O) groups excluding carboxylic acids is 2. The molecule has 0 saturated heterocycles. The van der Waals surface area contributed by atoms with Crippen LogP contribution in [0.3, 0.4) is 0 Å². The van der Waals surface area contributed by atoms with Gasteiger partial charge in [0.15, 0.2) is 0 Å². The number of fused-ring (bicyclic) bond motifs is 1. The normalized spacial score (nSPS) is 24.1. The van der Waals surface area contributed by atoms with Crippen molar-refractivity contribution in [2.24, 2.45) is 10.9 Å². The fraction of sp³-hybridized carbons (Fsp3) is 0.312. The van der Waals surface area contributed by atoms with Gasteiger partial charge in [-0.2, -0.15) is 0 Å². The van der Waals surface area contributed by atoms with Crippen LogP contribution in [-0.2, 0) is 9.59 Å². The summed E-state index contributed by atoms with van der Waals surface area (Å²) in [6.07, 6.45) is 3.09. The van der Waals surface area contributed by atoms with Crippen LogP contribution >= 0.6 is 0 Å². The van der Waals surface area contributed by atoms with E-state index in [-0.39, 0.29) is 28.8 Å². The zero-order chi connectivity index (χ0) is 15.7. The van der Waals surface area contributed by atoms with Gasteiger partial charge in [-0.3, -0.25) is 14.6 Å². The molecule has 2 unspecified atom stereocenters. The number of aliphatic hydroxyl groups is 1. The Balaban J connectivity index is 1.86. The fourth-order valence-corrected chi connectivity index (χ4v) is 2.85. The second-order valence-electron chi connectivity index (χ2n) is 5.41. The quantitative estimate of drug-likeness (QED) is 0.880. The Hall–Kier alpha value is -2.50. The van der Waals surface area contributed by atoms with Crippen molar-refractivity contribution in [3.63, 3.8) is 0 Å². The van der Waals surface area contributed by atoms with E-state index in [2.05, 4.69) is 10.3 Å². The number of anilines is 1. The molecule has 1 aromatic carbocycles. The van der Waals surface area contributed by atoms with Crippen LogP contribution < -0.4 is 5.32 Å². The minimum Gasteiger partial charge on any atom is -0.511 e. The molecule has 0 bridgehead atoms. The number of hydrogen-bond acceptors (Lipinski definition) is 4. The molecule has 1 saturated carbocycles. The van der Waals surface area contributed by atoms with Gasteiger partial charge < -0.3 is 10.4 Å². The first-order chi connectivity index (χ1) is 10.6. The van der Waals surface area contributed by atoms with Gasteiger partial charge in [-0.05, 0) is 25.0 Å². The highest BCUT2D eigenvalue weighted by Crippen LogP contribution is 2.32. The van der Waals surface area contributed by atoms with Crippen molar-refractivity contribution in [2.75, 3.05) is 5.32 Å². The maximum absolute atomic E-state index is 13.6. The summed E-state index contributed by atoms with van der Waals surface area (Å²) < 4.78 is 13.6. The van der Waals surface area contributed by atoms with Gasteiger partial charge in [-0.15, -0.1) is 0 Å². The molecule has 1 aliphatic heterocycles. The molecule has 2 N–H and O–H groups in total. The van der Waals surface area contributed by atoms with Crippen LogP contribution in [0, 0.1) is 11.7 Å². The molecule has 1 fully saturated rings. The van der Waals surface area contributed by atoms with E-state index in [0.29, 0.717) is 12.8 Å². The van der Waals surface area contributed by atoms with Crippen molar-refractivity contribution in [3.05, 3.63) is 41.4 Å². The van der Waals surface area contributed by atoms with E-state index >= 15 is 0 Å². The van der Waals surface area contributed by atoms with Gasteiger partial charge in [0.25, 0.3) is 5.91 Å². The van der Waals surface area contributed by atoms with E-state index in [0.717, 1.165) is 6.42 Å². The third kappa shape index (κ3) is 2.52. The van der Waals surface area contributed by atoms with Gasteiger partial charge in [0.05, 0.1) is 23.2 Å². The molecule has 2 aliphatic rings. The standard InChI is InChI=1S/C16H15FN2O3/c17-10-4-1-2-5-11(10)19-16(22)9-8-18-12-6-3-7-13(20)14(12)15(9)21/h1-2,4-5,8,12,14,21H,3,6-7H2,(H,19,22). The number of nitrogens with one attached hydrogen (secondary N) is 1. The number of aliphatic hydroxyl groups excluding tert-OH is 1. The minimum absolute atomic E-state index is 0.0123. The third-order valence-corrected chi connectivity index (χ3v) is 3.99. The molecule has 0 radical (unpaired) electrons. The monoisotopic (exact) mass is 302 g/mol. The number of aliphatic imine (C=N–C) groups is 1. The average Bonchev–Trinajstić information content (AvgIpc) is 2.50. The largest absolute Gasteiger partial charge is 0.511 e. The maximum Gasteiger partial charge on any atom is 0.260 e. The molecule has 0 aromatic heterocycles. The van der Waals surface area contributed by atoms with Gasteiger partial charge in [-0.25, -0.2) is 4.39 Å². The highest BCUT2D eigenvalue weighted by molar-refractivity contribution is 6.19. The molecule has 3 rings (SSSR count). The highest BCUT2D eigenvalue weighted by Gasteiger charge is 2.39. The lowest BCUT2D eigenvalue weighted by Crippen LogP contribution is -2.37. The Morgan fingerprint density at radius 1 is 1.36 bits per heavy atom. The topological polar surface area (TPSA) is 78.8 Å². The van der Waals surface area contributed by atoms with Crippen LogP contribution in [0.4, 0.5) is 10.1 Å². The number of hydrogen-bond donors (Lipinski definition) is 2. The van der Waals surface area contributed by atoms with E-state index in [4.69, 9.17) is 0 Å². The smallest absolute Gasteiger partial charge is 0.260 e. The zero-order valence-electron chi connectivity index (χ0n) is 11.8. The molecule has 6 heteroatoms. The summed E-state index contributed by atoms with van der Waals surface area (Å²) in [6.45, 7) is 0. The third-order valence-electron chi connectivity index (χ3n) is 3.99. The van der Waals surface area contributed by atoms with E-state index in [1.54, 1.807) is 6.07 Å². The van der Waals surface area contributed by atoms with Gasteiger partial charge in [0.1, 0.15) is 17.4 Å². The Morgan fingerprint density at radius 3 is 2.91 bits per heavy atom. The van der Waals surface area contributed by atoms with E-state index < -0.39 is 17.6 Å². The second-order valence-corrected chi connectivity index (χ2v) is 5.41. The first-order valence-electron chi connectivity index (χ1n) is 7.13. The predicted molar refractivity (Wildman–Crippen MR) is 79.3 cm³/mol. The Morgan fingerprint density at radius 2 is 2.14 bits per heavy atom. The minimum atomic E-state index is -0.750. The van der Waals surface area contributed by atoms with Gasteiger partial charge >= 0.3 is 0 Å². The summed E-state index contributed by atoms with van der Waals surface area (Å²) in [5.41, 5.74) is -0.0713. The van der Waals surface area contributed by atoms with Gasteiger partial charge in [-0.1, -0.05) is 12.1 Å². The van der Waals surface area contributed by atoms with Crippen LogP contribution in [0.5, 0.6) is 0 Å². The molecule has 1 heterocycles. The summed E-state index contributed by atoms with van der Waals surface area (Å²) >= 11 is 0. The number of ketones is 1. The fourth-order valence-electron chi connectivity index (χ4n) is 2.85. The van der Waals surface area contributed by atoms with Crippen molar-refractivity contribution < 1.29 is 19.1 Å². The molecular weight excluding hydrogens is 287 g/mol. The van der Waals surface area contributed by atoms with E-state index in [1.807, 2.05) is 0 Å². The molecule has 114 valence electrons. The first-order valence-corrected chi connectivity index (χ1v) is 7.13. The summed E-state index contributed by atoms with van der Waals surface area (Å²) in [4.78, 5) is 28.4. The molecule has 22 heavy (non-hydrogen) atoms. The van der Waals surface area contributed by atoms with Gasteiger partial charge in [0, 0.05) is 12.6 Å². The molecule has 5 nitrogen and oxygen atoms in total. The Kier molecular flexibility index (Phi) is 3.75. The molecule has 0 spiro atoms. The number of halogens is 1. The summed E-state index contributed by atoms with van der Waals surface area (Å²) in [5.74, 6) is -2.38. The average molecular weight is 302 g/mol. The Labute approximate surface area is 126 Å². The predicted octanol–water partition coefficient (Wildman–Crippen LogP) is 2.40. The van der Waals surface area contributed by atoms with Crippen LogP contribution in [-0.4, -0.2) is 29.1 Å². The van der Waals surface area contributed by atoms with Crippen molar-refractivity contribution in [2.45, 2.75) is 25.3 Å². The van der Waals surface area contributed by atoms with Crippen LogP contribution in [0.1, 0.15) is 19.3 Å². The number of benzene rings is 1. The number of rotatable bonds is 2. The molecule has 1 amide bonds. The van der Waals surface area contributed by atoms with Gasteiger partial charge in [0.2, 0.25) is 0 Å². The van der Waals surface area contributed by atoms with Crippen LogP contribution in [0.2, 0.25) is 0 Å². The number of nitrogens with zero attached hydrogens (tertiary/aromatic N) is 1. The number of carbonyl (C=O) groups is 2.